The molecule has 0 N–H and O–H groups in total. The maximum atomic E-state index is 11.6. The molecule has 0 bridgehead atoms. The van der Waals surface area contributed by atoms with Crippen LogP contribution in [0.25, 0.3) is 0 Å². The smallest absolute Gasteiger partial charge is 0.314 e. The fourth-order valence-electron chi connectivity index (χ4n) is 1.82. The molecule has 0 amide bonds. The lowest BCUT2D eigenvalue weighted by Crippen LogP contribution is -2.31. The average Bonchev–Trinajstić information content (AvgIpc) is 2.13. The van der Waals surface area contributed by atoms with Crippen LogP contribution in [0, 0.1) is 11.8 Å². The molecular formula is C12H13BrO2. The van der Waals surface area contributed by atoms with Crippen LogP contribution in [0.15, 0.2) is 28.7 Å². The van der Waals surface area contributed by atoms with Gasteiger partial charge in [0.1, 0.15) is 5.75 Å². The SMILES string of the molecule is CC1CC(C(=O)Oc2cccc(Br)c2)C1. The fourth-order valence-corrected chi connectivity index (χ4v) is 2.20. The van der Waals surface area contributed by atoms with Crippen LogP contribution in [0.5, 0.6) is 5.75 Å². The lowest BCUT2D eigenvalue weighted by molar-refractivity contribution is -0.143. The Bertz CT molecular complexity index is 370. The first-order valence-corrected chi connectivity index (χ1v) is 5.91. The van der Waals surface area contributed by atoms with E-state index >= 15 is 0 Å². The van der Waals surface area contributed by atoms with Crippen LogP contribution in [0.3, 0.4) is 0 Å². The summed E-state index contributed by atoms with van der Waals surface area (Å²) in [5.74, 6) is 1.31. The molecule has 1 aliphatic carbocycles. The van der Waals surface area contributed by atoms with Crippen LogP contribution in [-0.2, 0) is 4.79 Å². The van der Waals surface area contributed by atoms with Crippen molar-refractivity contribution in [1.29, 1.82) is 0 Å². The molecule has 0 saturated heterocycles. The summed E-state index contributed by atoms with van der Waals surface area (Å²) < 4.78 is 6.20. The Morgan fingerprint density at radius 3 is 2.80 bits per heavy atom. The van der Waals surface area contributed by atoms with Gasteiger partial charge in [-0.1, -0.05) is 28.9 Å². The highest BCUT2D eigenvalue weighted by Crippen LogP contribution is 2.34. The second kappa shape index (κ2) is 4.35. The Labute approximate surface area is 97.8 Å². The summed E-state index contributed by atoms with van der Waals surface area (Å²) in [6.07, 6.45) is 1.93. The predicted molar refractivity (Wildman–Crippen MR) is 61.7 cm³/mol. The first-order valence-electron chi connectivity index (χ1n) is 5.12. The number of hydrogen-bond donors (Lipinski definition) is 0. The molecule has 0 atom stereocenters. The van der Waals surface area contributed by atoms with Crippen molar-refractivity contribution in [3.05, 3.63) is 28.7 Å². The molecule has 0 heterocycles. The number of carbonyl (C=O) groups excluding carboxylic acids is 1. The maximum Gasteiger partial charge on any atom is 0.314 e. The molecule has 1 aliphatic rings. The van der Waals surface area contributed by atoms with Gasteiger partial charge in [-0.3, -0.25) is 4.79 Å². The Kier molecular flexibility index (Phi) is 3.10. The van der Waals surface area contributed by atoms with Crippen molar-refractivity contribution in [3.63, 3.8) is 0 Å². The zero-order chi connectivity index (χ0) is 10.8. The molecule has 2 nitrogen and oxygen atoms in total. The Morgan fingerprint density at radius 2 is 2.20 bits per heavy atom. The summed E-state index contributed by atoms with van der Waals surface area (Å²) >= 11 is 3.34. The highest BCUT2D eigenvalue weighted by atomic mass is 79.9. The third kappa shape index (κ3) is 2.59. The largest absolute Gasteiger partial charge is 0.426 e. The minimum Gasteiger partial charge on any atom is -0.426 e. The van der Waals surface area contributed by atoms with Gasteiger partial charge < -0.3 is 4.74 Å². The third-order valence-corrected chi connectivity index (χ3v) is 3.21. The van der Waals surface area contributed by atoms with E-state index in [-0.39, 0.29) is 11.9 Å². The maximum absolute atomic E-state index is 11.6. The van der Waals surface area contributed by atoms with Gasteiger partial charge in [0.05, 0.1) is 5.92 Å². The van der Waals surface area contributed by atoms with Crippen LogP contribution < -0.4 is 4.74 Å². The van der Waals surface area contributed by atoms with Crippen molar-refractivity contribution >= 4 is 21.9 Å². The van der Waals surface area contributed by atoms with E-state index < -0.39 is 0 Å². The van der Waals surface area contributed by atoms with E-state index in [0.717, 1.165) is 17.3 Å². The summed E-state index contributed by atoms with van der Waals surface area (Å²) in [5.41, 5.74) is 0. The fraction of sp³-hybridized carbons (Fsp3) is 0.417. The van der Waals surface area contributed by atoms with Crippen LogP contribution in [0.1, 0.15) is 19.8 Å². The number of ether oxygens (including phenoxy) is 1. The quantitative estimate of drug-likeness (QED) is 0.607. The van der Waals surface area contributed by atoms with E-state index in [4.69, 9.17) is 4.74 Å². The number of hydrogen-bond acceptors (Lipinski definition) is 2. The van der Waals surface area contributed by atoms with Gasteiger partial charge in [0.2, 0.25) is 0 Å². The molecule has 1 aromatic carbocycles. The molecule has 1 aromatic rings. The van der Waals surface area contributed by atoms with Gasteiger partial charge in [-0.25, -0.2) is 0 Å². The molecule has 0 spiro atoms. The zero-order valence-electron chi connectivity index (χ0n) is 8.57. The van der Waals surface area contributed by atoms with Crippen molar-refractivity contribution < 1.29 is 9.53 Å². The molecule has 0 radical (unpaired) electrons. The monoisotopic (exact) mass is 268 g/mol. The van der Waals surface area contributed by atoms with Gasteiger partial charge in [-0.2, -0.15) is 0 Å². The third-order valence-electron chi connectivity index (χ3n) is 2.72. The molecule has 80 valence electrons. The van der Waals surface area contributed by atoms with Crippen LogP contribution >= 0.6 is 15.9 Å². The lowest BCUT2D eigenvalue weighted by Gasteiger charge is -2.30. The van der Waals surface area contributed by atoms with Gasteiger partial charge in [0.15, 0.2) is 0 Å². The van der Waals surface area contributed by atoms with Crippen LogP contribution in [0.2, 0.25) is 0 Å². The van der Waals surface area contributed by atoms with Gasteiger partial charge >= 0.3 is 5.97 Å². The summed E-state index contributed by atoms with van der Waals surface area (Å²) in [4.78, 5) is 11.6. The number of carbonyl (C=O) groups is 1. The number of benzene rings is 1. The zero-order valence-corrected chi connectivity index (χ0v) is 10.2. The van der Waals surface area contributed by atoms with Crippen LogP contribution in [0.4, 0.5) is 0 Å². The Balaban J connectivity index is 1.94. The van der Waals surface area contributed by atoms with Gasteiger partial charge in [-0.15, -0.1) is 0 Å². The molecular weight excluding hydrogens is 256 g/mol. The Morgan fingerprint density at radius 1 is 1.47 bits per heavy atom. The van der Waals surface area contributed by atoms with Gasteiger partial charge in [0.25, 0.3) is 0 Å². The first kappa shape index (κ1) is 10.7. The standard InChI is InChI=1S/C12H13BrO2/c1-8-5-9(6-8)12(14)15-11-4-2-3-10(13)7-11/h2-4,7-9H,5-6H2,1H3. The van der Waals surface area contributed by atoms with Gasteiger partial charge in [0, 0.05) is 4.47 Å². The van der Waals surface area contributed by atoms with Gasteiger partial charge in [-0.05, 0) is 37.0 Å². The highest BCUT2D eigenvalue weighted by Gasteiger charge is 2.32. The summed E-state index contributed by atoms with van der Waals surface area (Å²) in [6, 6.07) is 7.36. The Hall–Kier alpha value is -0.830. The molecule has 3 heteroatoms. The second-order valence-electron chi connectivity index (χ2n) is 4.15. The number of rotatable bonds is 2. The van der Waals surface area contributed by atoms with Crippen molar-refractivity contribution in [1.82, 2.24) is 0 Å². The molecule has 1 fully saturated rings. The van der Waals surface area contributed by atoms with E-state index in [2.05, 4.69) is 22.9 Å². The van der Waals surface area contributed by atoms with Crippen molar-refractivity contribution in [2.45, 2.75) is 19.8 Å². The normalized spacial score (nSPS) is 24.4. The van der Waals surface area contributed by atoms with E-state index in [1.807, 2.05) is 12.1 Å². The van der Waals surface area contributed by atoms with Crippen LogP contribution in [-0.4, -0.2) is 5.97 Å². The van der Waals surface area contributed by atoms with E-state index in [1.165, 1.54) is 0 Å². The minimum absolute atomic E-state index is 0.0915. The van der Waals surface area contributed by atoms with Crippen molar-refractivity contribution in [3.8, 4) is 5.75 Å². The van der Waals surface area contributed by atoms with E-state index in [1.54, 1.807) is 12.1 Å². The van der Waals surface area contributed by atoms with E-state index in [9.17, 15) is 4.79 Å². The number of halogens is 1. The first-order chi connectivity index (χ1) is 7.15. The minimum atomic E-state index is -0.0915. The molecule has 2 rings (SSSR count). The second-order valence-corrected chi connectivity index (χ2v) is 5.07. The lowest BCUT2D eigenvalue weighted by atomic mass is 9.76. The summed E-state index contributed by atoms with van der Waals surface area (Å²) in [7, 11) is 0. The summed E-state index contributed by atoms with van der Waals surface area (Å²) in [5, 5.41) is 0. The molecule has 15 heavy (non-hydrogen) atoms. The topological polar surface area (TPSA) is 26.3 Å². The molecule has 0 unspecified atom stereocenters. The van der Waals surface area contributed by atoms with Crippen molar-refractivity contribution in [2.24, 2.45) is 11.8 Å². The molecule has 0 aromatic heterocycles. The predicted octanol–water partition coefficient (Wildman–Crippen LogP) is 3.40. The average molecular weight is 269 g/mol. The number of esters is 1. The highest BCUT2D eigenvalue weighted by molar-refractivity contribution is 9.10. The summed E-state index contributed by atoms with van der Waals surface area (Å²) in [6.45, 7) is 2.16. The van der Waals surface area contributed by atoms with Crippen molar-refractivity contribution in [2.75, 3.05) is 0 Å². The molecule has 1 saturated carbocycles. The molecule has 0 aliphatic heterocycles. The van der Waals surface area contributed by atoms with E-state index in [0.29, 0.717) is 11.7 Å².